The summed E-state index contributed by atoms with van der Waals surface area (Å²) in [6.07, 6.45) is 2.99. The number of carbonyl (C=O) groups is 2. The van der Waals surface area contributed by atoms with Crippen molar-refractivity contribution in [2.45, 2.75) is 99.1 Å². The third-order valence-electron chi connectivity index (χ3n) is 5.57. The average molecular weight is 312 g/mol. The molecule has 0 saturated carbocycles. The predicted octanol–water partition coefficient (Wildman–Crippen LogP) is 4.53. The molecule has 0 amide bonds. The molecule has 0 aromatic carbocycles. The van der Waals surface area contributed by atoms with Crippen LogP contribution in [-0.4, -0.2) is 22.6 Å². The largest absolute Gasteiger partial charge is 0.297 e. The number of Topliss-reactive ketones (excluding diaryl/α,β-unsaturated/α-hetero) is 2. The van der Waals surface area contributed by atoms with Crippen molar-refractivity contribution in [1.29, 1.82) is 0 Å². The summed E-state index contributed by atoms with van der Waals surface area (Å²) in [5.74, 6) is 0.411. The maximum absolute atomic E-state index is 13.0. The second-order valence-electron chi connectivity index (χ2n) is 7.74. The van der Waals surface area contributed by atoms with Gasteiger partial charge in [-0.25, -0.2) is 0 Å². The maximum Gasteiger partial charge on any atom is 0.158 e. The SMILES string of the molecule is CCC(C)C(=O)C(C)(CC)NC(C)(CC)C(=O)C(C)(C)CC. The van der Waals surface area contributed by atoms with E-state index in [4.69, 9.17) is 0 Å². The quantitative estimate of drug-likeness (QED) is 0.644. The van der Waals surface area contributed by atoms with Gasteiger partial charge in [0.2, 0.25) is 0 Å². The Morgan fingerprint density at radius 1 is 0.864 bits per heavy atom. The number of hydrogen-bond acceptors (Lipinski definition) is 3. The monoisotopic (exact) mass is 311 g/mol. The highest BCUT2D eigenvalue weighted by atomic mass is 16.1. The Labute approximate surface area is 137 Å². The smallest absolute Gasteiger partial charge is 0.158 e. The lowest BCUT2D eigenvalue weighted by Crippen LogP contribution is -2.64. The molecule has 0 aromatic rings. The van der Waals surface area contributed by atoms with Crippen LogP contribution in [0.1, 0.15) is 88.0 Å². The van der Waals surface area contributed by atoms with Gasteiger partial charge in [-0.15, -0.1) is 0 Å². The van der Waals surface area contributed by atoms with E-state index in [-0.39, 0.29) is 22.9 Å². The molecule has 0 saturated heterocycles. The predicted molar refractivity (Wildman–Crippen MR) is 94.1 cm³/mol. The molecule has 22 heavy (non-hydrogen) atoms. The summed E-state index contributed by atoms with van der Waals surface area (Å²) in [7, 11) is 0. The molecule has 0 heterocycles. The molecule has 0 bridgehead atoms. The van der Waals surface area contributed by atoms with Crippen LogP contribution in [0.5, 0.6) is 0 Å². The summed E-state index contributed by atoms with van der Waals surface area (Å²) in [5.41, 5.74) is -1.71. The summed E-state index contributed by atoms with van der Waals surface area (Å²) in [5, 5.41) is 3.46. The molecule has 0 aromatic heterocycles. The summed E-state index contributed by atoms with van der Waals surface area (Å²) in [6.45, 7) is 17.9. The van der Waals surface area contributed by atoms with Gasteiger partial charge in [0.25, 0.3) is 0 Å². The number of hydrogen-bond donors (Lipinski definition) is 1. The van der Waals surface area contributed by atoms with Gasteiger partial charge in [0.05, 0.1) is 11.1 Å². The molecule has 130 valence electrons. The lowest BCUT2D eigenvalue weighted by Gasteiger charge is -2.43. The molecule has 0 radical (unpaired) electrons. The number of rotatable bonds is 10. The first-order chi connectivity index (χ1) is 9.94. The van der Waals surface area contributed by atoms with Gasteiger partial charge < -0.3 is 0 Å². The Hall–Kier alpha value is -0.700. The van der Waals surface area contributed by atoms with E-state index < -0.39 is 11.1 Å². The second-order valence-corrected chi connectivity index (χ2v) is 7.74. The number of carbonyl (C=O) groups excluding carboxylic acids is 2. The van der Waals surface area contributed by atoms with E-state index in [1.165, 1.54) is 0 Å². The minimum absolute atomic E-state index is 0.00726. The fraction of sp³-hybridized carbons (Fsp3) is 0.895. The standard InChI is InChI=1S/C19H37NO2/c1-10-14(5)15(21)18(8,12-3)20-19(9,13-4)16(22)17(6,7)11-2/h14,20H,10-13H2,1-9H3. The Morgan fingerprint density at radius 2 is 1.32 bits per heavy atom. The number of nitrogens with one attached hydrogen (secondary N) is 1. The second kappa shape index (κ2) is 7.72. The fourth-order valence-corrected chi connectivity index (χ4v) is 2.88. The highest BCUT2D eigenvalue weighted by Gasteiger charge is 2.46. The Balaban J connectivity index is 5.58. The van der Waals surface area contributed by atoms with Gasteiger partial charge in [-0.3, -0.25) is 14.9 Å². The first-order valence-corrected chi connectivity index (χ1v) is 8.82. The third kappa shape index (κ3) is 4.41. The molecule has 0 spiro atoms. The zero-order chi connectivity index (χ0) is 17.8. The van der Waals surface area contributed by atoms with Crippen molar-refractivity contribution in [1.82, 2.24) is 5.32 Å². The maximum atomic E-state index is 13.0. The Kier molecular flexibility index (Phi) is 7.47. The zero-order valence-corrected chi connectivity index (χ0v) is 16.2. The molecule has 0 aliphatic heterocycles. The normalized spacial score (nSPS) is 19.1. The van der Waals surface area contributed by atoms with Crippen molar-refractivity contribution in [3.63, 3.8) is 0 Å². The third-order valence-corrected chi connectivity index (χ3v) is 5.57. The number of ketones is 2. The molecule has 0 rings (SSSR count). The minimum Gasteiger partial charge on any atom is -0.297 e. The van der Waals surface area contributed by atoms with Gasteiger partial charge in [0, 0.05) is 11.3 Å². The molecule has 3 heteroatoms. The first-order valence-electron chi connectivity index (χ1n) is 8.82. The van der Waals surface area contributed by atoms with Crippen LogP contribution in [0, 0.1) is 11.3 Å². The molecule has 3 nitrogen and oxygen atoms in total. The highest BCUT2D eigenvalue weighted by molar-refractivity contribution is 5.95. The van der Waals surface area contributed by atoms with Crippen molar-refractivity contribution in [3.8, 4) is 0 Å². The van der Waals surface area contributed by atoms with Crippen LogP contribution in [0.25, 0.3) is 0 Å². The van der Waals surface area contributed by atoms with E-state index in [1.807, 2.05) is 62.3 Å². The Bertz CT molecular complexity index is 402. The van der Waals surface area contributed by atoms with Gasteiger partial charge in [0.15, 0.2) is 11.6 Å². The zero-order valence-electron chi connectivity index (χ0n) is 16.2. The minimum atomic E-state index is -0.673. The molecular formula is C19H37NO2. The van der Waals surface area contributed by atoms with Crippen molar-refractivity contribution in [2.75, 3.05) is 0 Å². The van der Waals surface area contributed by atoms with Gasteiger partial charge in [-0.1, -0.05) is 48.5 Å². The summed E-state index contributed by atoms with van der Waals surface area (Å²) in [4.78, 5) is 25.8. The van der Waals surface area contributed by atoms with Crippen LogP contribution in [0.15, 0.2) is 0 Å². The van der Waals surface area contributed by atoms with Crippen LogP contribution in [0.3, 0.4) is 0 Å². The summed E-state index contributed by atoms with van der Waals surface area (Å²) in [6, 6.07) is 0. The average Bonchev–Trinajstić information content (AvgIpc) is 2.51. The lowest BCUT2D eigenvalue weighted by atomic mass is 9.72. The van der Waals surface area contributed by atoms with E-state index in [1.54, 1.807) is 0 Å². The van der Waals surface area contributed by atoms with Crippen LogP contribution in [-0.2, 0) is 9.59 Å². The van der Waals surface area contributed by atoms with Gasteiger partial charge in [-0.05, 0) is 39.5 Å². The molecule has 0 aliphatic carbocycles. The van der Waals surface area contributed by atoms with Crippen molar-refractivity contribution in [3.05, 3.63) is 0 Å². The van der Waals surface area contributed by atoms with Crippen LogP contribution >= 0.6 is 0 Å². The van der Waals surface area contributed by atoms with Gasteiger partial charge in [-0.2, -0.15) is 0 Å². The fourth-order valence-electron chi connectivity index (χ4n) is 2.88. The molecular weight excluding hydrogens is 274 g/mol. The van der Waals surface area contributed by atoms with E-state index in [0.29, 0.717) is 12.8 Å². The van der Waals surface area contributed by atoms with Crippen molar-refractivity contribution in [2.24, 2.45) is 11.3 Å². The van der Waals surface area contributed by atoms with Crippen LogP contribution in [0.4, 0.5) is 0 Å². The topological polar surface area (TPSA) is 46.2 Å². The van der Waals surface area contributed by atoms with Gasteiger partial charge in [0.1, 0.15) is 0 Å². The molecule has 3 unspecified atom stereocenters. The van der Waals surface area contributed by atoms with Gasteiger partial charge >= 0.3 is 0 Å². The Morgan fingerprint density at radius 3 is 1.64 bits per heavy atom. The van der Waals surface area contributed by atoms with E-state index in [9.17, 15) is 9.59 Å². The van der Waals surface area contributed by atoms with Crippen molar-refractivity contribution >= 4 is 11.6 Å². The van der Waals surface area contributed by atoms with Crippen molar-refractivity contribution < 1.29 is 9.59 Å². The van der Waals surface area contributed by atoms with E-state index >= 15 is 0 Å². The van der Waals surface area contributed by atoms with E-state index in [0.717, 1.165) is 12.8 Å². The van der Waals surface area contributed by atoms with Crippen LogP contribution in [0.2, 0.25) is 0 Å². The van der Waals surface area contributed by atoms with Crippen LogP contribution < -0.4 is 5.32 Å². The highest BCUT2D eigenvalue weighted by Crippen LogP contribution is 2.32. The summed E-state index contributed by atoms with van der Waals surface area (Å²) >= 11 is 0. The van der Waals surface area contributed by atoms with E-state index in [2.05, 4.69) is 5.32 Å². The first kappa shape index (κ1) is 21.3. The molecule has 3 atom stereocenters. The molecule has 1 N–H and O–H groups in total. The molecule has 0 aliphatic rings. The lowest BCUT2D eigenvalue weighted by molar-refractivity contribution is -0.137. The summed E-state index contributed by atoms with van der Waals surface area (Å²) < 4.78 is 0. The molecule has 0 fully saturated rings.